The van der Waals surface area contributed by atoms with E-state index in [9.17, 15) is 14.4 Å². The molecule has 146 valence electrons. The van der Waals surface area contributed by atoms with Gasteiger partial charge in [-0.1, -0.05) is 31.9 Å². The molecule has 2 N–H and O–H groups in total. The zero-order valence-electron chi connectivity index (χ0n) is 16.2. The molecule has 1 aromatic rings. The maximum atomic E-state index is 12.6. The molecular formula is C20H25NO6. The van der Waals surface area contributed by atoms with E-state index in [0.717, 1.165) is 0 Å². The number of para-hydroxylation sites is 1. The Morgan fingerprint density at radius 2 is 1.81 bits per heavy atom. The number of ether oxygens (including phenoxy) is 2. The molecule has 7 nitrogen and oxygen atoms in total. The third-order valence-electron chi connectivity index (χ3n) is 3.08. The van der Waals surface area contributed by atoms with Gasteiger partial charge in [0.1, 0.15) is 17.4 Å². The van der Waals surface area contributed by atoms with Crippen LogP contribution in [0.25, 0.3) is 0 Å². The normalized spacial score (nSPS) is 11.8. The second kappa shape index (κ2) is 9.62. The maximum absolute atomic E-state index is 12.6. The Hall–Kier alpha value is -3.01. The van der Waals surface area contributed by atoms with E-state index >= 15 is 0 Å². The van der Waals surface area contributed by atoms with Crippen molar-refractivity contribution in [3.05, 3.63) is 29.8 Å². The number of hydrogen-bond acceptors (Lipinski definition) is 5. The van der Waals surface area contributed by atoms with Crippen molar-refractivity contribution in [3.63, 3.8) is 0 Å². The average molecular weight is 375 g/mol. The molecule has 0 unspecified atom stereocenters. The molecule has 1 amide bonds. The zero-order valence-corrected chi connectivity index (χ0v) is 16.2. The van der Waals surface area contributed by atoms with E-state index in [4.69, 9.17) is 14.6 Å². The summed E-state index contributed by atoms with van der Waals surface area (Å²) >= 11 is 0. The molecule has 0 aliphatic heterocycles. The summed E-state index contributed by atoms with van der Waals surface area (Å²) in [6, 6.07) is 5.41. The van der Waals surface area contributed by atoms with Gasteiger partial charge < -0.3 is 19.9 Å². The van der Waals surface area contributed by atoms with Gasteiger partial charge in [0.2, 0.25) is 0 Å². The molecule has 0 saturated carbocycles. The van der Waals surface area contributed by atoms with Gasteiger partial charge in [-0.15, -0.1) is 0 Å². The minimum Gasteiger partial charge on any atom is -0.472 e. The summed E-state index contributed by atoms with van der Waals surface area (Å²) in [7, 11) is 0. The molecule has 1 atom stereocenters. The first-order valence-corrected chi connectivity index (χ1v) is 8.53. The Morgan fingerprint density at radius 1 is 1.19 bits per heavy atom. The van der Waals surface area contributed by atoms with E-state index in [1.807, 2.05) is 19.8 Å². The number of amides is 1. The van der Waals surface area contributed by atoms with Crippen molar-refractivity contribution in [2.45, 2.75) is 52.7 Å². The smallest absolute Gasteiger partial charge is 0.408 e. The summed E-state index contributed by atoms with van der Waals surface area (Å²) in [4.78, 5) is 35.2. The third-order valence-corrected chi connectivity index (χ3v) is 3.08. The number of hydrogen-bond donors (Lipinski definition) is 2. The van der Waals surface area contributed by atoms with Crippen LogP contribution in [0.3, 0.4) is 0 Å². The van der Waals surface area contributed by atoms with E-state index < -0.39 is 29.7 Å². The Labute approximate surface area is 159 Å². The summed E-state index contributed by atoms with van der Waals surface area (Å²) < 4.78 is 10.6. The molecule has 0 fully saturated rings. The summed E-state index contributed by atoms with van der Waals surface area (Å²) in [6.07, 6.45) is -0.370. The van der Waals surface area contributed by atoms with Gasteiger partial charge in [-0.3, -0.25) is 0 Å². The van der Waals surface area contributed by atoms with E-state index in [1.54, 1.807) is 32.9 Å². The molecule has 0 heterocycles. The number of esters is 1. The number of aliphatic carboxylic acids is 1. The van der Waals surface area contributed by atoms with Crippen LogP contribution in [0.5, 0.6) is 5.75 Å². The summed E-state index contributed by atoms with van der Waals surface area (Å²) in [5, 5.41) is 11.2. The Bertz CT molecular complexity index is 752. The molecule has 0 aliphatic rings. The fourth-order valence-electron chi connectivity index (χ4n) is 2.09. The average Bonchev–Trinajstić information content (AvgIpc) is 2.51. The SMILES string of the molecule is CC(C)C[C@@H](NC(=O)OC(C)(C)C)C(=O)Oc1ccccc1C#CC(=O)O. The largest absolute Gasteiger partial charge is 0.472 e. The topological polar surface area (TPSA) is 102 Å². The standard InChI is InChI=1S/C20H25NO6/c1-13(2)12-15(21-19(25)27-20(3,4)5)18(24)26-16-9-7-6-8-14(16)10-11-17(22)23/h6-9,13,15H,12H2,1-5H3,(H,21,25)(H,22,23)/t15-/m1/s1. The van der Waals surface area contributed by atoms with Crippen LogP contribution < -0.4 is 10.1 Å². The van der Waals surface area contributed by atoms with Gasteiger partial charge in [-0.05, 0) is 45.2 Å². The minimum absolute atomic E-state index is 0.111. The highest BCUT2D eigenvalue weighted by Crippen LogP contribution is 2.19. The van der Waals surface area contributed by atoms with Gasteiger partial charge in [0.25, 0.3) is 0 Å². The zero-order chi connectivity index (χ0) is 20.6. The monoisotopic (exact) mass is 375 g/mol. The van der Waals surface area contributed by atoms with Crippen molar-refractivity contribution in [2.24, 2.45) is 5.92 Å². The fourth-order valence-corrected chi connectivity index (χ4v) is 2.09. The highest BCUT2D eigenvalue weighted by Gasteiger charge is 2.27. The second-order valence-electron chi connectivity index (χ2n) is 7.30. The van der Waals surface area contributed by atoms with E-state index in [1.165, 1.54) is 12.1 Å². The molecule has 0 bridgehead atoms. The van der Waals surface area contributed by atoms with E-state index in [2.05, 4.69) is 11.2 Å². The van der Waals surface area contributed by atoms with Crippen LogP contribution >= 0.6 is 0 Å². The Morgan fingerprint density at radius 3 is 2.37 bits per heavy atom. The Balaban J connectivity index is 2.96. The molecule has 7 heteroatoms. The van der Waals surface area contributed by atoms with Gasteiger partial charge in [0.05, 0.1) is 5.56 Å². The lowest BCUT2D eigenvalue weighted by molar-refractivity contribution is -0.137. The van der Waals surface area contributed by atoms with Crippen molar-refractivity contribution in [3.8, 4) is 17.6 Å². The van der Waals surface area contributed by atoms with Gasteiger partial charge >= 0.3 is 18.0 Å². The number of carbonyl (C=O) groups is 3. The number of benzene rings is 1. The van der Waals surface area contributed by atoms with Crippen molar-refractivity contribution in [1.29, 1.82) is 0 Å². The van der Waals surface area contributed by atoms with Crippen LogP contribution in [-0.2, 0) is 14.3 Å². The van der Waals surface area contributed by atoms with Gasteiger partial charge in [0.15, 0.2) is 0 Å². The predicted octanol–water partition coefficient (Wildman–Crippen LogP) is 2.97. The van der Waals surface area contributed by atoms with E-state index in [-0.39, 0.29) is 17.2 Å². The van der Waals surface area contributed by atoms with Gasteiger partial charge in [0, 0.05) is 5.92 Å². The first-order chi connectivity index (χ1) is 12.5. The Kier molecular flexibility index (Phi) is 7.85. The molecule has 1 aromatic carbocycles. The van der Waals surface area contributed by atoms with Crippen molar-refractivity contribution >= 4 is 18.0 Å². The highest BCUT2D eigenvalue weighted by molar-refractivity contribution is 5.88. The van der Waals surface area contributed by atoms with Crippen LogP contribution in [0.4, 0.5) is 4.79 Å². The molecule has 0 saturated heterocycles. The summed E-state index contributed by atoms with van der Waals surface area (Å²) in [5.41, 5.74) is -0.441. The molecule has 27 heavy (non-hydrogen) atoms. The number of nitrogens with one attached hydrogen (secondary N) is 1. The lowest BCUT2D eigenvalue weighted by Gasteiger charge is -2.23. The summed E-state index contributed by atoms with van der Waals surface area (Å²) in [6.45, 7) is 8.98. The minimum atomic E-state index is -1.29. The first kappa shape index (κ1) is 22.0. The lowest BCUT2D eigenvalue weighted by atomic mass is 10.0. The van der Waals surface area contributed by atoms with Crippen molar-refractivity contribution in [2.75, 3.05) is 0 Å². The van der Waals surface area contributed by atoms with Gasteiger partial charge in [-0.2, -0.15) is 0 Å². The van der Waals surface area contributed by atoms with E-state index in [0.29, 0.717) is 6.42 Å². The molecule has 1 rings (SSSR count). The highest BCUT2D eigenvalue weighted by atomic mass is 16.6. The number of rotatable bonds is 5. The van der Waals surface area contributed by atoms with Crippen LogP contribution in [0.2, 0.25) is 0 Å². The molecule has 0 aromatic heterocycles. The number of carboxylic acids is 1. The predicted molar refractivity (Wildman–Crippen MR) is 99.2 cm³/mol. The van der Waals surface area contributed by atoms with Crippen LogP contribution in [0.15, 0.2) is 24.3 Å². The van der Waals surface area contributed by atoms with Gasteiger partial charge in [-0.25, -0.2) is 14.4 Å². The van der Waals surface area contributed by atoms with Crippen molar-refractivity contribution < 1.29 is 29.0 Å². The van der Waals surface area contributed by atoms with Crippen LogP contribution in [0.1, 0.15) is 46.6 Å². The fraction of sp³-hybridized carbons (Fsp3) is 0.450. The van der Waals surface area contributed by atoms with Crippen LogP contribution in [0, 0.1) is 17.8 Å². The molecule has 0 aliphatic carbocycles. The first-order valence-electron chi connectivity index (χ1n) is 8.53. The van der Waals surface area contributed by atoms with Crippen LogP contribution in [-0.4, -0.2) is 34.8 Å². The molecule has 0 radical (unpaired) electrons. The molecular weight excluding hydrogens is 350 g/mol. The lowest BCUT2D eigenvalue weighted by Crippen LogP contribution is -2.45. The number of carboxylic acid groups (broad SMARTS) is 1. The maximum Gasteiger partial charge on any atom is 0.408 e. The quantitative estimate of drug-likeness (QED) is 0.466. The summed E-state index contributed by atoms with van der Waals surface area (Å²) in [5.74, 6) is 2.67. The number of alkyl carbamates (subject to hydrolysis) is 1. The number of carbonyl (C=O) groups excluding carboxylic acids is 2. The second-order valence-corrected chi connectivity index (χ2v) is 7.30. The third kappa shape index (κ3) is 8.77. The van der Waals surface area contributed by atoms with Crippen molar-refractivity contribution in [1.82, 2.24) is 5.32 Å². The molecule has 0 spiro atoms.